The molecule has 0 saturated carbocycles. The molecule has 0 bridgehead atoms. The van der Waals surface area contributed by atoms with Gasteiger partial charge in [-0.3, -0.25) is 0 Å². The third kappa shape index (κ3) is 25.5. The summed E-state index contributed by atoms with van der Waals surface area (Å²) in [4.78, 5) is 0. The lowest BCUT2D eigenvalue weighted by Crippen LogP contribution is -1.88. The van der Waals surface area contributed by atoms with Crippen molar-refractivity contribution in [3.63, 3.8) is 0 Å². The highest BCUT2D eigenvalue weighted by Gasteiger charge is 1.91. The van der Waals surface area contributed by atoms with Gasteiger partial charge in [0.15, 0.2) is 0 Å². The van der Waals surface area contributed by atoms with Gasteiger partial charge in [0.2, 0.25) is 0 Å². The highest BCUT2D eigenvalue weighted by molar-refractivity contribution is 6.33. The van der Waals surface area contributed by atoms with Crippen LogP contribution in [-0.2, 0) is 0 Å². The van der Waals surface area contributed by atoms with Gasteiger partial charge in [-0.25, -0.2) is 0 Å². The fourth-order valence-electron chi connectivity index (χ4n) is 0.730. The summed E-state index contributed by atoms with van der Waals surface area (Å²) in [5.41, 5.74) is 0. The summed E-state index contributed by atoms with van der Waals surface area (Å²) >= 11 is 0. The molecule has 0 aromatic rings. The van der Waals surface area contributed by atoms with E-state index in [4.69, 9.17) is 0 Å². The second kappa shape index (κ2) is 16.6. The third-order valence-corrected chi connectivity index (χ3v) is 1.27. The van der Waals surface area contributed by atoms with Gasteiger partial charge in [0.25, 0.3) is 0 Å². The molecule has 0 unspecified atom stereocenters. The average molecular weight is 159 g/mol. The second-order valence-electron chi connectivity index (χ2n) is 2.73. The van der Waals surface area contributed by atoms with Crippen molar-refractivity contribution < 1.29 is 0 Å². The third-order valence-electron chi connectivity index (χ3n) is 1.27. The van der Waals surface area contributed by atoms with Crippen LogP contribution in [-0.4, -0.2) is 7.28 Å². The zero-order chi connectivity index (χ0) is 6.41. The number of rotatable bonds is 4. The van der Waals surface area contributed by atoms with Gasteiger partial charge in [0, 0.05) is 0 Å². The van der Waals surface area contributed by atoms with Gasteiger partial charge in [-0.05, 0) is 5.92 Å². The van der Waals surface area contributed by atoms with Crippen LogP contribution in [0.1, 0.15) is 49.0 Å². The van der Waals surface area contributed by atoms with E-state index in [-0.39, 0.29) is 22.3 Å². The topological polar surface area (TPSA) is 0 Å². The van der Waals surface area contributed by atoms with Crippen molar-refractivity contribution >= 4 is 7.28 Å². The predicted octanol–water partition coefficient (Wildman–Crippen LogP) is 4.50. The molecule has 0 rings (SSSR count). The second-order valence-corrected chi connectivity index (χ2v) is 2.73. The Balaban J connectivity index is -0.0000000817. The summed E-state index contributed by atoms with van der Waals surface area (Å²) in [5.74, 6) is 0.884. The molecule has 0 spiro atoms. The summed E-state index contributed by atoms with van der Waals surface area (Å²) in [6.07, 6.45) is 4.04. The van der Waals surface area contributed by atoms with Crippen molar-refractivity contribution in [2.24, 2.45) is 5.92 Å². The standard InChI is InChI=1S/C7H16B.3CH4/c1-7(2)5-4-6-8-3;;;/h7H,4-6H2,1-3H3;3*1H4. The minimum absolute atomic E-state index is 0. The Morgan fingerprint density at radius 2 is 1.55 bits per heavy atom. The molecule has 0 aromatic heterocycles. The Morgan fingerprint density at radius 3 is 1.82 bits per heavy atom. The largest absolute Gasteiger partial charge is 0.105 e. The van der Waals surface area contributed by atoms with Crippen LogP contribution in [0.2, 0.25) is 13.1 Å². The lowest BCUT2D eigenvalue weighted by molar-refractivity contribution is 0.575. The van der Waals surface area contributed by atoms with Crippen LogP contribution in [0.15, 0.2) is 0 Å². The molecule has 0 atom stereocenters. The molecule has 0 fully saturated rings. The first kappa shape index (κ1) is 22.5. The Labute approximate surface area is 76.0 Å². The summed E-state index contributed by atoms with van der Waals surface area (Å²) in [6.45, 7) is 6.67. The Morgan fingerprint density at radius 1 is 1.09 bits per heavy atom. The Hall–Kier alpha value is 0.0649. The zero-order valence-corrected chi connectivity index (χ0v) is 6.28. The molecule has 0 aliphatic carbocycles. The van der Waals surface area contributed by atoms with Gasteiger partial charge in [0.05, 0.1) is 0 Å². The molecular weight excluding hydrogens is 131 g/mol. The van der Waals surface area contributed by atoms with E-state index in [9.17, 15) is 0 Å². The number of hydrogen-bond acceptors (Lipinski definition) is 0. The van der Waals surface area contributed by atoms with Crippen LogP contribution in [0, 0.1) is 5.92 Å². The molecule has 0 saturated heterocycles. The van der Waals surface area contributed by atoms with Crippen LogP contribution >= 0.6 is 0 Å². The zero-order valence-electron chi connectivity index (χ0n) is 6.28. The van der Waals surface area contributed by atoms with Crippen LogP contribution in [0.4, 0.5) is 0 Å². The quantitative estimate of drug-likeness (QED) is 0.418. The maximum Gasteiger partial charge on any atom is 0.105 e. The van der Waals surface area contributed by atoms with Crippen molar-refractivity contribution in [2.75, 3.05) is 0 Å². The average Bonchev–Trinajstić information content (AvgIpc) is 1.66. The van der Waals surface area contributed by atoms with Crippen LogP contribution in [0.3, 0.4) is 0 Å². The molecule has 0 aliphatic heterocycles. The molecule has 0 N–H and O–H groups in total. The molecule has 0 aromatic carbocycles. The molecule has 0 amide bonds. The van der Waals surface area contributed by atoms with E-state index in [0.717, 1.165) is 5.92 Å². The van der Waals surface area contributed by atoms with E-state index in [2.05, 4.69) is 28.0 Å². The molecule has 0 aliphatic rings. The predicted molar refractivity (Wildman–Crippen MR) is 60.7 cm³/mol. The first-order chi connectivity index (χ1) is 3.77. The van der Waals surface area contributed by atoms with Crippen molar-refractivity contribution in [3.8, 4) is 0 Å². The SMILES string of the molecule is C.C.C.C[B]CCCC(C)C. The van der Waals surface area contributed by atoms with E-state index < -0.39 is 0 Å². The minimum atomic E-state index is 0. The molecule has 0 heterocycles. The van der Waals surface area contributed by atoms with Crippen LogP contribution in [0.25, 0.3) is 0 Å². The van der Waals surface area contributed by atoms with Gasteiger partial charge >= 0.3 is 0 Å². The minimum Gasteiger partial charge on any atom is -0.0920 e. The van der Waals surface area contributed by atoms with Crippen molar-refractivity contribution in [3.05, 3.63) is 0 Å². The fourth-order valence-corrected chi connectivity index (χ4v) is 0.730. The van der Waals surface area contributed by atoms with Gasteiger partial charge in [-0.2, -0.15) is 0 Å². The highest BCUT2D eigenvalue weighted by Crippen LogP contribution is 2.05. The van der Waals surface area contributed by atoms with Crippen molar-refractivity contribution in [1.29, 1.82) is 0 Å². The smallest absolute Gasteiger partial charge is 0.0920 e. The Kier molecular flexibility index (Phi) is 33.8. The Bertz CT molecular complexity index is 42.1. The molecule has 1 radical (unpaired) electrons. The molecule has 1 heteroatoms. The molecule has 71 valence electrons. The van der Waals surface area contributed by atoms with Gasteiger partial charge in [-0.1, -0.05) is 62.1 Å². The van der Waals surface area contributed by atoms with E-state index in [1.165, 1.54) is 19.2 Å². The van der Waals surface area contributed by atoms with E-state index >= 15 is 0 Å². The van der Waals surface area contributed by atoms with Crippen molar-refractivity contribution in [2.45, 2.75) is 62.1 Å². The lowest BCUT2D eigenvalue weighted by Gasteiger charge is -2.00. The number of hydrogen-bond donors (Lipinski definition) is 0. The maximum absolute atomic E-state index is 2.27. The monoisotopic (exact) mass is 159 g/mol. The van der Waals surface area contributed by atoms with Crippen LogP contribution in [0.5, 0.6) is 0 Å². The van der Waals surface area contributed by atoms with Gasteiger partial charge < -0.3 is 0 Å². The van der Waals surface area contributed by atoms with E-state index in [1.54, 1.807) is 0 Å². The maximum atomic E-state index is 2.27. The molecule has 0 nitrogen and oxygen atoms in total. The normalized spacial score (nSPS) is 7.27. The summed E-state index contributed by atoms with van der Waals surface area (Å²) < 4.78 is 0. The van der Waals surface area contributed by atoms with Gasteiger partial charge in [-0.15, -0.1) is 0 Å². The first-order valence-corrected chi connectivity index (χ1v) is 3.55. The van der Waals surface area contributed by atoms with E-state index in [0.29, 0.717) is 0 Å². The molecular formula is C10H28B. The summed E-state index contributed by atoms with van der Waals surface area (Å²) in [7, 11) is 2.24. The lowest BCUT2D eigenvalue weighted by atomic mass is 9.76. The highest BCUT2D eigenvalue weighted by atomic mass is 13.9. The summed E-state index contributed by atoms with van der Waals surface area (Å²) in [5, 5.41) is 0. The van der Waals surface area contributed by atoms with Gasteiger partial charge in [0.1, 0.15) is 7.28 Å². The van der Waals surface area contributed by atoms with Crippen LogP contribution < -0.4 is 0 Å². The molecule has 11 heavy (non-hydrogen) atoms. The fraction of sp³-hybridized carbons (Fsp3) is 1.00. The summed E-state index contributed by atoms with van der Waals surface area (Å²) in [6, 6.07) is 0. The van der Waals surface area contributed by atoms with Crippen molar-refractivity contribution in [1.82, 2.24) is 0 Å². The first-order valence-electron chi connectivity index (χ1n) is 3.55. The van der Waals surface area contributed by atoms with E-state index in [1.807, 2.05) is 0 Å².